The summed E-state index contributed by atoms with van der Waals surface area (Å²) in [6.45, 7) is 0.359. The minimum absolute atomic E-state index is 0.134. The Morgan fingerprint density at radius 3 is 2.70 bits per heavy atom. The number of carbonyl (C=O) groups is 1. The van der Waals surface area contributed by atoms with E-state index in [4.69, 9.17) is 4.42 Å². The van der Waals surface area contributed by atoms with Gasteiger partial charge in [-0.25, -0.2) is 9.18 Å². The molecular formula is C20H13FN4O5. The van der Waals surface area contributed by atoms with Gasteiger partial charge in [0.2, 0.25) is 0 Å². The van der Waals surface area contributed by atoms with Crippen LogP contribution in [0.15, 0.2) is 70.1 Å². The summed E-state index contributed by atoms with van der Waals surface area (Å²) in [5.41, 5.74) is -0.0734. The molecule has 10 heteroatoms. The van der Waals surface area contributed by atoms with Crippen LogP contribution in [0.1, 0.15) is 15.9 Å². The maximum absolute atomic E-state index is 13.0. The van der Waals surface area contributed by atoms with E-state index in [-0.39, 0.29) is 28.0 Å². The third-order valence-corrected chi connectivity index (χ3v) is 4.32. The molecular weight excluding hydrogens is 395 g/mol. The lowest BCUT2D eigenvalue weighted by molar-refractivity contribution is -0.384. The molecule has 0 saturated carbocycles. The Morgan fingerprint density at radius 2 is 1.97 bits per heavy atom. The van der Waals surface area contributed by atoms with Gasteiger partial charge in [-0.05, 0) is 29.8 Å². The largest absolute Gasteiger partial charge is 0.422 e. The molecule has 4 rings (SSSR count). The molecule has 150 valence electrons. The van der Waals surface area contributed by atoms with Crippen molar-refractivity contribution in [3.05, 3.63) is 98.4 Å². The smallest absolute Gasteiger partial charge is 0.349 e. The molecule has 0 aliphatic rings. The van der Waals surface area contributed by atoms with Gasteiger partial charge >= 0.3 is 5.63 Å². The Balaban J connectivity index is 1.55. The van der Waals surface area contributed by atoms with E-state index in [1.54, 1.807) is 18.3 Å². The lowest BCUT2D eigenvalue weighted by Gasteiger charge is -2.04. The average molecular weight is 408 g/mol. The lowest BCUT2D eigenvalue weighted by atomic mass is 10.1. The van der Waals surface area contributed by atoms with Gasteiger partial charge < -0.3 is 9.73 Å². The maximum atomic E-state index is 13.0. The molecule has 0 atom stereocenters. The van der Waals surface area contributed by atoms with Gasteiger partial charge in [-0.2, -0.15) is 5.10 Å². The Bertz CT molecular complexity index is 1330. The van der Waals surface area contributed by atoms with E-state index in [0.29, 0.717) is 12.2 Å². The molecule has 1 amide bonds. The zero-order chi connectivity index (χ0) is 21.3. The van der Waals surface area contributed by atoms with E-state index < -0.39 is 16.5 Å². The molecule has 1 N–H and O–H groups in total. The Kier molecular flexibility index (Phi) is 4.80. The molecule has 2 aromatic carbocycles. The summed E-state index contributed by atoms with van der Waals surface area (Å²) >= 11 is 0. The number of hydrogen-bond donors (Lipinski definition) is 1. The molecule has 0 spiro atoms. The topological polar surface area (TPSA) is 120 Å². The van der Waals surface area contributed by atoms with Crippen molar-refractivity contribution in [3.63, 3.8) is 0 Å². The Hall–Kier alpha value is -4.34. The minimum atomic E-state index is -0.868. The fourth-order valence-electron chi connectivity index (χ4n) is 2.87. The predicted molar refractivity (Wildman–Crippen MR) is 105 cm³/mol. The Morgan fingerprint density at radius 1 is 1.20 bits per heavy atom. The first-order valence-corrected chi connectivity index (χ1v) is 8.69. The zero-order valence-corrected chi connectivity index (χ0v) is 15.2. The van der Waals surface area contributed by atoms with Crippen molar-refractivity contribution in [1.29, 1.82) is 0 Å². The van der Waals surface area contributed by atoms with Crippen LogP contribution < -0.4 is 10.9 Å². The lowest BCUT2D eigenvalue weighted by Crippen LogP contribution is -2.20. The van der Waals surface area contributed by atoms with Crippen LogP contribution >= 0.6 is 0 Å². The quantitative estimate of drug-likeness (QED) is 0.307. The van der Waals surface area contributed by atoms with Crippen LogP contribution in [0.25, 0.3) is 11.0 Å². The van der Waals surface area contributed by atoms with Crippen molar-refractivity contribution < 1.29 is 18.5 Å². The van der Waals surface area contributed by atoms with Crippen LogP contribution in [0, 0.1) is 15.9 Å². The highest BCUT2D eigenvalue weighted by atomic mass is 19.1. The summed E-state index contributed by atoms with van der Waals surface area (Å²) in [4.78, 5) is 35.0. The summed E-state index contributed by atoms with van der Waals surface area (Å²) in [7, 11) is 0. The number of hydrogen-bond acceptors (Lipinski definition) is 6. The summed E-state index contributed by atoms with van der Waals surface area (Å²) in [5.74, 6) is -1.08. The van der Waals surface area contributed by atoms with Crippen LogP contribution in [-0.4, -0.2) is 20.6 Å². The van der Waals surface area contributed by atoms with E-state index in [1.165, 1.54) is 47.3 Å². The number of nitro groups is 1. The number of fused-ring (bicyclic) bond motifs is 1. The number of anilines is 1. The van der Waals surface area contributed by atoms with Crippen LogP contribution in [-0.2, 0) is 6.54 Å². The standard InChI is InChI=1S/C20H13FN4O5/c21-14-3-1-12(2-4-14)10-24-11-15(9-22-24)23-19(26)17-8-13-7-16(25(28)29)5-6-18(13)30-20(17)27/h1-9,11H,10H2,(H,23,26). The van der Waals surface area contributed by atoms with Crippen LogP contribution in [0.5, 0.6) is 0 Å². The third kappa shape index (κ3) is 3.92. The first-order chi connectivity index (χ1) is 14.4. The van der Waals surface area contributed by atoms with Crippen LogP contribution in [0.2, 0.25) is 0 Å². The highest BCUT2D eigenvalue weighted by Gasteiger charge is 2.16. The van der Waals surface area contributed by atoms with Gasteiger partial charge in [0.1, 0.15) is 17.0 Å². The second-order valence-corrected chi connectivity index (χ2v) is 6.43. The molecule has 0 saturated heterocycles. The number of amides is 1. The van der Waals surface area contributed by atoms with Gasteiger partial charge in [-0.15, -0.1) is 0 Å². The molecule has 2 aromatic heterocycles. The van der Waals surface area contributed by atoms with E-state index in [1.807, 2.05) is 0 Å². The van der Waals surface area contributed by atoms with Crippen molar-refractivity contribution in [3.8, 4) is 0 Å². The Labute approximate surface area is 167 Å². The summed E-state index contributed by atoms with van der Waals surface area (Å²) in [6.07, 6.45) is 2.95. The number of nitro benzene ring substituents is 1. The summed E-state index contributed by atoms with van der Waals surface area (Å²) in [5, 5.41) is 17.8. The van der Waals surface area contributed by atoms with Crippen molar-refractivity contribution in [2.75, 3.05) is 5.32 Å². The molecule has 0 aliphatic carbocycles. The summed E-state index contributed by atoms with van der Waals surface area (Å²) < 4.78 is 19.6. The fourth-order valence-corrected chi connectivity index (χ4v) is 2.87. The monoisotopic (exact) mass is 408 g/mol. The van der Waals surface area contributed by atoms with Gasteiger partial charge in [0.25, 0.3) is 11.6 Å². The van der Waals surface area contributed by atoms with Crippen LogP contribution in [0.3, 0.4) is 0 Å². The molecule has 0 radical (unpaired) electrons. The van der Waals surface area contributed by atoms with E-state index in [2.05, 4.69) is 10.4 Å². The second-order valence-electron chi connectivity index (χ2n) is 6.43. The van der Waals surface area contributed by atoms with Crippen molar-refractivity contribution in [2.24, 2.45) is 0 Å². The molecule has 9 nitrogen and oxygen atoms in total. The number of carbonyl (C=O) groups excluding carboxylic acids is 1. The van der Waals surface area contributed by atoms with Crippen molar-refractivity contribution in [1.82, 2.24) is 9.78 Å². The number of nitrogens with one attached hydrogen (secondary N) is 1. The van der Waals surface area contributed by atoms with Gasteiger partial charge in [-0.3, -0.25) is 19.6 Å². The number of non-ortho nitro benzene ring substituents is 1. The molecule has 0 bridgehead atoms. The third-order valence-electron chi connectivity index (χ3n) is 4.32. The van der Waals surface area contributed by atoms with Crippen molar-refractivity contribution >= 4 is 28.3 Å². The van der Waals surface area contributed by atoms with Crippen molar-refractivity contribution in [2.45, 2.75) is 6.54 Å². The van der Waals surface area contributed by atoms with Gasteiger partial charge in [0.05, 0.1) is 23.4 Å². The normalized spacial score (nSPS) is 10.8. The van der Waals surface area contributed by atoms with E-state index in [9.17, 15) is 24.1 Å². The minimum Gasteiger partial charge on any atom is -0.422 e. The molecule has 0 aliphatic heterocycles. The highest BCUT2D eigenvalue weighted by Crippen LogP contribution is 2.21. The predicted octanol–water partition coefficient (Wildman–Crippen LogP) is 3.34. The number of aromatic nitrogens is 2. The van der Waals surface area contributed by atoms with E-state index >= 15 is 0 Å². The first-order valence-electron chi connectivity index (χ1n) is 8.69. The number of rotatable bonds is 5. The van der Waals surface area contributed by atoms with E-state index in [0.717, 1.165) is 5.56 Å². The second kappa shape index (κ2) is 7.59. The van der Waals surface area contributed by atoms with Crippen LogP contribution in [0.4, 0.5) is 15.8 Å². The summed E-state index contributed by atoms with van der Waals surface area (Å²) in [6, 6.07) is 10.9. The SMILES string of the molecule is O=C(Nc1cnn(Cc2ccc(F)cc2)c1)c1cc2cc([N+](=O)[O-])ccc2oc1=O. The van der Waals surface area contributed by atoms with Gasteiger partial charge in [0, 0.05) is 23.7 Å². The molecule has 0 unspecified atom stereocenters. The maximum Gasteiger partial charge on any atom is 0.349 e. The number of nitrogens with zero attached hydrogens (tertiary/aromatic N) is 3. The average Bonchev–Trinajstić information content (AvgIpc) is 3.15. The number of benzene rings is 2. The zero-order valence-electron chi connectivity index (χ0n) is 15.2. The molecule has 2 heterocycles. The molecule has 4 aromatic rings. The van der Waals surface area contributed by atoms with Gasteiger partial charge in [-0.1, -0.05) is 12.1 Å². The molecule has 0 fully saturated rings. The highest BCUT2D eigenvalue weighted by molar-refractivity contribution is 6.05. The van der Waals surface area contributed by atoms with Gasteiger partial charge in [0.15, 0.2) is 0 Å². The number of halogens is 1. The first kappa shape index (κ1) is 19.0. The molecule has 30 heavy (non-hydrogen) atoms. The fraction of sp³-hybridized carbons (Fsp3) is 0.0500.